The molecule has 1 fully saturated rings. The largest absolute Gasteiger partial charge is 0.341 e. The Morgan fingerprint density at radius 1 is 1.29 bits per heavy atom. The van der Waals surface area contributed by atoms with Crippen LogP contribution in [-0.4, -0.2) is 30.9 Å². The average molecular weight is 311 g/mol. The standard InChI is InChI=1S/C17H26N2O.ClH/c1-4-14-6-8-15(9-7-14)12-19(3)16(20)17(2)10-5-11-18-13-17;/h6-9,18H,4-5,10-13H2,1-3H3;1H. The summed E-state index contributed by atoms with van der Waals surface area (Å²) in [6, 6.07) is 8.56. The highest BCUT2D eigenvalue weighted by atomic mass is 35.5. The Morgan fingerprint density at radius 2 is 1.90 bits per heavy atom. The molecule has 118 valence electrons. The van der Waals surface area contributed by atoms with Crippen molar-refractivity contribution >= 4 is 18.3 Å². The van der Waals surface area contributed by atoms with E-state index in [1.54, 1.807) is 0 Å². The molecule has 1 amide bonds. The van der Waals surface area contributed by atoms with Gasteiger partial charge in [0.15, 0.2) is 0 Å². The van der Waals surface area contributed by atoms with Gasteiger partial charge in [-0.15, -0.1) is 12.4 Å². The zero-order valence-corrected chi connectivity index (χ0v) is 14.1. The third-order valence-electron chi connectivity index (χ3n) is 4.31. The minimum absolute atomic E-state index is 0. The van der Waals surface area contributed by atoms with Gasteiger partial charge in [0.05, 0.1) is 5.41 Å². The van der Waals surface area contributed by atoms with Crippen molar-refractivity contribution in [1.82, 2.24) is 10.2 Å². The summed E-state index contributed by atoms with van der Waals surface area (Å²) in [6.45, 7) is 6.76. The normalized spacial score (nSPS) is 21.5. The molecule has 1 aliphatic heterocycles. The summed E-state index contributed by atoms with van der Waals surface area (Å²) in [5.74, 6) is 0.254. The Balaban J connectivity index is 0.00000220. The smallest absolute Gasteiger partial charge is 0.229 e. The SMILES string of the molecule is CCc1ccc(CN(C)C(=O)C2(C)CCCNC2)cc1.Cl. The fraction of sp³-hybridized carbons (Fsp3) is 0.588. The molecule has 0 aromatic heterocycles. The monoisotopic (exact) mass is 310 g/mol. The number of aryl methyl sites for hydroxylation is 1. The van der Waals surface area contributed by atoms with E-state index in [-0.39, 0.29) is 23.7 Å². The molecule has 1 N–H and O–H groups in total. The van der Waals surface area contributed by atoms with Crippen molar-refractivity contribution in [3.8, 4) is 0 Å². The first kappa shape index (κ1) is 18.0. The van der Waals surface area contributed by atoms with E-state index in [1.807, 2.05) is 11.9 Å². The zero-order valence-electron chi connectivity index (χ0n) is 13.3. The lowest BCUT2D eigenvalue weighted by Crippen LogP contribution is -2.48. The maximum Gasteiger partial charge on any atom is 0.229 e. The second-order valence-electron chi connectivity index (χ2n) is 6.17. The summed E-state index contributed by atoms with van der Waals surface area (Å²) in [4.78, 5) is 14.5. The highest BCUT2D eigenvalue weighted by Gasteiger charge is 2.36. The van der Waals surface area contributed by atoms with Crippen LogP contribution in [0.1, 0.15) is 37.8 Å². The number of nitrogens with zero attached hydrogens (tertiary/aromatic N) is 1. The molecule has 0 spiro atoms. The number of halogens is 1. The Bertz CT molecular complexity index is 452. The topological polar surface area (TPSA) is 32.3 Å². The van der Waals surface area contributed by atoms with Gasteiger partial charge in [0.2, 0.25) is 5.91 Å². The number of benzene rings is 1. The van der Waals surface area contributed by atoms with E-state index < -0.39 is 0 Å². The Kier molecular flexibility index (Phi) is 6.69. The van der Waals surface area contributed by atoms with Crippen molar-refractivity contribution in [1.29, 1.82) is 0 Å². The van der Waals surface area contributed by atoms with Crippen LogP contribution in [0.5, 0.6) is 0 Å². The van der Waals surface area contributed by atoms with E-state index in [2.05, 4.69) is 43.4 Å². The molecule has 1 unspecified atom stereocenters. The zero-order chi connectivity index (χ0) is 14.6. The molecular formula is C17H27ClN2O. The van der Waals surface area contributed by atoms with E-state index in [4.69, 9.17) is 0 Å². The van der Waals surface area contributed by atoms with Crippen LogP contribution in [0.15, 0.2) is 24.3 Å². The number of hydrogen-bond acceptors (Lipinski definition) is 2. The van der Waals surface area contributed by atoms with E-state index in [9.17, 15) is 4.79 Å². The predicted octanol–water partition coefficient (Wildman–Crippen LogP) is 3.02. The van der Waals surface area contributed by atoms with Crippen molar-refractivity contribution < 1.29 is 4.79 Å². The van der Waals surface area contributed by atoms with Crippen LogP contribution >= 0.6 is 12.4 Å². The van der Waals surface area contributed by atoms with Crippen molar-refractivity contribution in [2.24, 2.45) is 5.41 Å². The van der Waals surface area contributed by atoms with E-state index in [0.717, 1.165) is 32.4 Å². The van der Waals surface area contributed by atoms with Gasteiger partial charge in [0.25, 0.3) is 0 Å². The first-order chi connectivity index (χ1) is 9.55. The minimum Gasteiger partial charge on any atom is -0.341 e. The number of carbonyl (C=O) groups excluding carboxylic acids is 1. The molecule has 0 radical (unpaired) electrons. The summed E-state index contributed by atoms with van der Waals surface area (Å²) in [5, 5.41) is 3.34. The first-order valence-electron chi connectivity index (χ1n) is 7.59. The second kappa shape index (κ2) is 7.81. The molecule has 0 saturated carbocycles. The van der Waals surface area contributed by atoms with E-state index in [1.165, 1.54) is 11.1 Å². The molecule has 1 aromatic carbocycles. The minimum atomic E-state index is -0.240. The van der Waals surface area contributed by atoms with Crippen molar-refractivity contribution in [3.63, 3.8) is 0 Å². The Labute approximate surface area is 134 Å². The number of piperidine rings is 1. The van der Waals surface area contributed by atoms with Crippen LogP contribution in [0.4, 0.5) is 0 Å². The second-order valence-corrected chi connectivity index (χ2v) is 6.17. The lowest BCUT2D eigenvalue weighted by Gasteiger charge is -2.36. The fourth-order valence-electron chi connectivity index (χ4n) is 2.93. The number of nitrogens with one attached hydrogen (secondary N) is 1. The number of amides is 1. The predicted molar refractivity (Wildman–Crippen MR) is 89.8 cm³/mol. The maximum absolute atomic E-state index is 12.6. The maximum atomic E-state index is 12.6. The highest BCUT2D eigenvalue weighted by Crippen LogP contribution is 2.28. The van der Waals surface area contributed by atoms with Crippen LogP contribution < -0.4 is 5.32 Å². The molecule has 21 heavy (non-hydrogen) atoms. The molecule has 0 aliphatic carbocycles. The van der Waals surface area contributed by atoms with Gasteiger partial charge >= 0.3 is 0 Å². The molecule has 4 heteroatoms. The van der Waals surface area contributed by atoms with Crippen LogP contribution in [0.2, 0.25) is 0 Å². The van der Waals surface area contributed by atoms with Gasteiger partial charge in [-0.05, 0) is 43.9 Å². The summed E-state index contributed by atoms with van der Waals surface area (Å²) < 4.78 is 0. The first-order valence-corrected chi connectivity index (χ1v) is 7.59. The highest BCUT2D eigenvalue weighted by molar-refractivity contribution is 5.85. The number of rotatable bonds is 4. The average Bonchev–Trinajstić information content (AvgIpc) is 2.48. The summed E-state index contributed by atoms with van der Waals surface area (Å²) in [7, 11) is 1.91. The van der Waals surface area contributed by atoms with Gasteiger partial charge in [-0.25, -0.2) is 0 Å². The van der Waals surface area contributed by atoms with Gasteiger partial charge in [-0.3, -0.25) is 4.79 Å². The molecule has 1 aromatic rings. The molecule has 1 aliphatic rings. The van der Waals surface area contributed by atoms with Gasteiger partial charge in [0, 0.05) is 20.1 Å². The summed E-state index contributed by atoms with van der Waals surface area (Å²) in [5.41, 5.74) is 2.30. The molecule has 3 nitrogen and oxygen atoms in total. The van der Waals surface area contributed by atoms with Crippen molar-refractivity contribution in [3.05, 3.63) is 35.4 Å². The molecule has 1 saturated heterocycles. The quantitative estimate of drug-likeness (QED) is 0.927. The summed E-state index contributed by atoms with van der Waals surface area (Å²) in [6.07, 6.45) is 3.12. The third-order valence-corrected chi connectivity index (χ3v) is 4.31. The third kappa shape index (κ3) is 4.45. The van der Waals surface area contributed by atoms with Gasteiger partial charge in [-0.1, -0.05) is 31.2 Å². The molecule has 0 bridgehead atoms. The number of carbonyl (C=O) groups is 1. The van der Waals surface area contributed by atoms with E-state index >= 15 is 0 Å². The van der Waals surface area contributed by atoms with Gasteiger partial charge in [-0.2, -0.15) is 0 Å². The molecule has 1 heterocycles. The molecule has 1 atom stereocenters. The molecule has 2 rings (SSSR count). The Morgan fingerprint density at radius 3 is 2.43 bits per heavy atom. The van der Waals surface area contributed by atoms with Crippen molar-refractivity contribution in [2.45, 2.75) is 39.7 Å². The fourth-order valence-corrected chi connectivity index (χ4v) is 2.93. The van der Waals surface area contributed by atoms with Gasteiger partial charge < -0.3 is 10.2 Å². The number of hydrogen-bond donors (Lipinski definition) is 1. The van der Waals surface area contributed by atoms with Gasteiger partial charge in [0.1, 0.15) is 0 Å². The molecular weight excluding hydrogens is 284 g/mol. The summed E-state index contributed by atoms with van der Waals surface area (Å²) >= 11 is 0. The van der Waals surface area contributed by atoms with Crippen LogP contribution in [0.25, 0.3) is 0 Å². The van der Waals surface area contributed by atoms with Crippen LogP contribution in [-0.2, 0) is 17.8 Å². The lowest BCUT2D eigenvalue weighted by molar-refractivity contribution is -0.141. The van der Waals surface area contributed by atoms with E-state index in [0.29, 0.717) is 6.54 Å². The van der Waals surface area contributed by atoms with Crippen LogP contribution in [0.3, 0.4) is 0 Å². The van der Waals surface area contributed by atoms with Crippen molar-refractivity contribution in [2.75, 3.05) is 20.1 Å². The lowest BCUT2D eigenvalue weighted by atomic mass is 9.81. The Hall–Kier alpha value is -1.06. The van der Waals surface area contributed by atoms with Crippen LogP contribution in [0, 0.1) is 5.41 Å².